The van der Waals surface area contributed by atoms with Gasteiger partial charge >= 0.3 is 0 Å². The fourth-order valence-corrected chi connectivity index (χ4v) is 4.41. The second-order valence-corrected chi connectivity index (χ2v) is 8.21. The topological polar surface area (TPSA) is 68.0 Å². The summed E-state index contributed by atoms with van der Waals surface area (Å²) in [5.74, 6) is 3.21. The first kappa shape index (κ1) is 18.2. The van der Waals surface area contributed by atoms with Gasteiger partial charge in [-0.25, -0.2) is 0 Å². The summed E-state index contributed by atoms with van der Waals surface area (Å²) in [7, 11) is 0. The van der Waals surface area contributed by atoms with Crippen molar-refractivity contribution in [3.63, 3.8) is 0 Å². The van der Waals surface area contributed by atoms with Crippen LogP contribution in [0.2, 0.25) is 0 Å². The monoisotopic (exact) mass is 393 g/mol. The summed E-state index contributed by atoms with van der Waals surface area (Å²) < 4.78 is 5.23. The van der Waals surface area contributed by atoms with E-state index in [4.69, 9.17) is 4.52 Å². The van der Waals surface area contributed by atoms with Gasteiger partial charge in [-0.05, 0) is 40.3 Å². The molecule has 3 aromatic rings. The van der Waals surface area contributed by atoms with E-state index in [1.807, 2.05) is 29.3 Å². The Kier molecular flexibility index (Phi) is 7.08. The third-order valence-corrected chi connectivity index (χ3v) is 6.05. The van der Waals surface area contributed by atoms with E-state index >= 15 is 0 Å². The Morgan fingerprint density at radius 3 is 3.08 bits per heavy atom. The van der Waals surface area contributed by atoms with Crippen molar-refractivity contribution in [3.05, 3.63) is 45.8 Å². The lowest BCUT2D eigenvalue weighted by atomic mass is 10.2. The molecule has 0 atom stereocenters. The number of nitrogens with zero attached hydrogens (tertiary/aromatic N) is 2. The largest absolute Gasteiger partial charge is 0.355 e. The second-order valence-electron chi connectivity index (χ2n) is 5.38. The Morgan fingerprint density at radius 2 is 2.28 bits per heavy atom. The van der Waals surface area contributed by atoms with Crippen molar-refractivity contribution in [2.45, 2.75) is 25.0 Å². The fourth-order valence-electron chi connectivity index (χ4n) is 2.18. The molecule has 0 fully saturated rings. The second kappa shape index (κ2) is 9.74. The van der Waals surface area contributed by atoms with Gasteiger partial charge in [0.2, 0.25) is 17.6 Å². The summed E-state index contributed by atoms with van der Waals surface area (Å²) >= 11 is 5.13. The van der Waals surface area contributed by atoms with Gasteiger partial charge in [0, 0.05) is 30.9 Å². The molecule has 8 heteroatoms. The predicted octanol–water partition coefficient (Wildman–Crippen LogP) is 4.23. The molecule has 3 rings (SSSR count). The van der Waals surface area contributed by atoms with Gasteiger partial charge in [0.1, 0.15) is 0 Å². The summed E-state index contributed by atoms with van der Waals surface area (Å²) in [6, 6.07) is 6.06. The molecule has 0 bridgehead atoms. The van der Waals surface area contributed by atoms with Crippen molar-refractivity contribution < 1.29 is 9.32 Å². The number of hydrogen-bond donors (Lipinski definition) is 1. The highest BCUT2D eigenvalue weighted by atomic mass is 32.2. The number of thiophene rings is 2. The highest BCUT2D eigenvalue weighted by Crippen LogP contribution is 2.21. The lowest BCUT2D eigenvalue weighted by Gasteiger charge is -2.04. The SMILES string of the molecule is O=C(CCCc1nc(-c2cccs2)no1)NCCSCc1ccsc1. The molecule has 0 saturated carbocycles. The molecule has 0 radical (unpaired) electrons. The maximum Gasteiger partial charge on any atom is 0.226 e. The first-order valence-electron chi connectivity index (χ1n) is 8.03. The number of aromatic nitrogens is 2. The summed E-state index contributed by atoms with van der Waals surface area (Å²) in [5, 5.41) is 13.2. The van der Waals surface area contributed by atoms with E-state index in [2.05, 4.69) is 32.3 Å². The highest BCUT2D eigenvalue weighted by molar-refractivity contribution is 7.98. The minimum absolute atomic E-state index is 0.0779. The lowest BCUT2D eigenvalue weighted by molar-refractivity contribution is -0.121. The zero-order chi connectivity index (χ0) is 17.3. The average molecular weight is 394 g/mol. The number of rotatable bonds is 10. The number of thioether (sulfide) groups is 1. The van der Waals surface area contributed by atoms with Crippen LogP contribution in [0.4, 0.5) is 0 Å². The molecular weight excluding hydrogens is 374 g/mol. The van der Waals surface area contributed by atoms with Gasteiger partial charge in [0.25, 0.3) is 0 Å². The molecule has 3 aromatic heterocycles. The Morgan fingerprint density at radius 1 is 1.32 bits per heavy atom. The quantitative estimate of drug-likeness (QED) is 0.522. The van der Waals surface area contributed by atoms with Crippen LogP contribution in [0.5, 0.6) is 0 Å². The minimum Gasteiger partial charge on any atom is -0.355 e. The van der Waals surface area contributed by atoms with E-state index < -0.39 is 0 Å². The first-order chi connectivity index (χ1) is 12.3. The van der Waals surface area contributed by atoms with Gasteiger partial charge in [-0.1, -0.05) is 11.2 Å². The smallest absolute Gasteiger partial charge is 0.226 e. The predicted molar refractivity (Wildman–Crippen MR) is 104 cm³/mol. The highest BCUT2D eigenvalue weighted by Gasteiger charge is 2.10. The molecule has 132 valence electrons. The van der Waals surface area contributed by atoms with Crippen LogP contribution in [0, 0.1) is 0 Å². The molecule has 0 unspecified atom stereocenters. The molecule has 0 aliphatic heterocycles. The molecule has 0 aromatic carbocycles. The van der Waals surface area contributed by atoms with E-state index in [-0.39, 0.29) is 5.91 Å². The van der Waals surface area contributed by atoms with Crippen molar-refractivity contribution in [2.24, 2.45) is 0 Å². The van der Waals surface area contributed by atoms with Crippen LogP contribution in [0.3, 0.4) is 0 Å². The molecule has 3 heterocycles. The molecule has 5 nitrogen and oxygen atoms in total. The van der Waals surface area contributed by atoms with E-state index in [0.29, 0.717) is 37.5 Å². The standard InChI is InChI=1S/C17H19N3O2S3/c21-15(18-7-10-24-12-13-6-9-23-11-13)4-1-5-16-19-17(20-22-16)14-3-2-8-25-14/h2-3,6,8-9,11H,1,4-5,7,10,12H2,(H,18,21). The summed E-state index contributed by atoms with van der Waals surface area (Å²) in [6.07, 6.45) is 1.81. The molecule has 1 N–H and O–H groups in total. The number of carbonyl (C=O) groups excluding carboxylic acids is 1. The van der Waals surface area contributed by atoms with Crippen LogP contribution >= 0.6 is 34.4 Å². The van der Waals surface area contributed by atoms with Gasteiger partial charge in [-0.3, -0.25) is 4.79 Å². The molecule has 0 aliphatic rings. The van der Waals surface area contributed by atoms with Crippen molar-refractivity contribution >= 4 is 40.3 Å². The summed E-state index contributed by atoms with van der Waals surface area (Å²) in [5.41, 5.74) is 1.35. The molecule has 1 amide bonds. The van der Waals surface area contributed by atoms with Crippen LogP contribution < -0.4 is 5.32 Å². The fraction of sp³-hybridized carbons (Fsp3) is 0.353. The molecule has 25 heavy (non-hydrogen) atoms. The van der Waals surface area contributed by atoms with Crippen molar-refractivity contribution in [2.75, 3.05) is 12.3 Å². The van der Waals surface area contributed by atoms with Gasteiger partial charge < -0.3 is 9.84 Å². The molecule has 0 saturated heterocycles. The Hall–Kier alpha value is -1.64. The first-order valence-corrected chi connectivity index (χ1v) is 11.0. The molecule has 0 spiro atoms. The number of amides is 1. The summed E-state index contributed by atoms with van der Waals surface area (Å²) in [6.45, 7) is 0.705. The van der Waals surface area contributed by atoms with Crippen LogP contribution in [-0.2, 0) is 17.0 Å². The van der Waals surface area contributed by atoms with Crippen LogP contribution in [0.25, 0.3) is 10.7 Å². The summed E-state index contributed by atoms with van der Waals surface area (Å²) in [4.78, 5) is 17.2. The van der Waals surface area contributed by atoms with E-state index in [0.717, 1.165) is 16.4 Å². The van der Waals surface area contributed by atoms with Crippen molar-refractivity contribution in [1.29, 1.82) is 0 Å². The van der Waals surface area contributed by atoms with E-state index in [9.17, 15) is 4.79 Å². The van der Waals surface area contributed by atoms with Gasteiger partial charge in [-0.2, -0.15) is 28.1 Å². The lowest BCUT2D eigenvalue weighted by Crippen LogP contribution is -2.25. The zero-order valence-electron chi connectivity index (χ0n) is 13.6. The van der Waals surface area contributed by atoms with Crippen molar-refractivity contribution in [1.82, 2.24) is 15.5 Å². The third-order valence-electron chi connectivity index (χ3n) is 3.42. The number of aryl methyl sites for hydroxylation is 1. The Bertz CT molecular complexity index is 754. The maximum absolute atomic E-state index is 11.8. The minimum atomic E-state index is 0.0779. The zero-order valence-corrected chi connectivity index (χ0v) is 16.1. The van der Waals surface area contributed by atoms with Gasteiger partial charge in [0.15, 0.2) is 0 Å². The normalized spacial score (nSPS) is 10.9. The number of nitrogens with one attached hydrogen (secondary N) is 1. The van der Waals surface area contributed by atoms with E-state index in [1.165, 1.54) is 5.56 Å². The van der Waals surface area contributed by atoms with Crippen LogP contribution in [0.1, 0.15) is 24.3 Å². The Labute approximate surface area is 158 Å². The maximum atomic E-state index is 11.8. The van der Waals surface area contributed by atoms with Gasteiger partial charge in [0.05, 0.1) is 4.88 Å². The Balaban J connectivity index is 1.26. The van der Waals surface area contributed by atoms with E-state index in [1.54, 1.807) is 22.7 Å². The molecular formula is C17H19N3O2S3. The number of hydrogen-bond acceptors (Lipinski definition) is 7. The average Bonchev–Trinajstić information content (AvgIpc) is 3.36. The third kappa shape index (κ3) is 5.98. The van der Waals surface area contributed by atoms with Crippen molar-refractivity contribution in [3.8, 4) is 10.7 Å². The van der Waals surface area contributed by atoms with Gasteiger partial charge in [-0.15, -0.1) is 11.3 Å². The van der Waals surface area contributed by atoms with Crippen LogP contribution in [0.15, 0.2) is 38.9 Å². The number of carbonyl (C=O) groups is 1. The molecule has 0 aliphatic carbocycles. The van der Waals surface area contributed by atoms with Crippen LogP contribution in [-0.4, -0.2) is 28.3 Å².